The van der Waals surface area contributed by atoms with E-state index >= 15 is 0 Å². The van der Waals surface area contributed by atoms with Crippen LogP contribution in [0.1, 0.15) is 87.8 Å². The fourth-order valence-electron chi connectivity index (χ4n) is 5.40. The third-order valence-corrected chi connectivity index (χ3v) is 9.48. The Labute approximate surface area is 269 Å². The van der Waals surface area contributed by atoms with E-state index in [0.717, 1.165) is 35.5 Å². The zero-order valence-corrected chi connectivity index (χ0v) is 27.7. The van der Waals surface area contributed by atoms with Crippen LogP contribution < -0.4 is 4.74 Å². The zero-order chi connectivity index (χ0) is 31.6. The maximum Gasteiger partial charge on any atom is 0.475 e. The van der Waals surface area contributed by atoms with E-state index in [1.807, 2.05) is 84.9 Å². The molecule has 8 heteroatoms. The number of nitrogens with zero attached hydrogens (tertiary/aromatic N) is 1. The summed E-state index contributed by atoms with van der Waals surface area (Å²) in [6, 6.07) is 27.1. The van der Waals surface area contributed by atoms with Gasteiger partial charge in [-0.2, -0.15) is 0 Å². The Morgan fingerprint density at radius 1 is 0.778 bits per heavy atom. The van der Waals surface area contributed by atoms with Gasteiger partial charge in [0.15, 0.2) is 0 Å². The molecule has 1 amide bonds. The molecule has 1 aliphatic rings. The second-order valence-corrected chi connectivity index (χ2v) is 13.4. The van der Waals surface area contributed by atoms with Crippen molar-refractivity contribution in [3.63, 3.8) is 0 Å². The van der Waals surface area contributed by atoms with Crippen molar-refractivity contribution in [1.82, 2.24) is 4.90 Å². The lowest BCUT2D eigenvalue weighted by molar-refractivity contribution is -0.130. The smallest absolute Gasteiger partial charge is 0.475 e. The Bertz CT molecular complexity index is 1260. The normalized spacial score (nSPS) is 15.0. The van der Waals surface area contributed by atoms with Crippen LogP contribution in [-0.2, 0) is 42.6 Å². The molecular weight excluding hydrogens is 585 g/mol. The van der Waals surface area contributed by atoms with Crippen molar-refractivity contribution >= 4 is 13.7 Å². The van der Waals surface area contributed by atoms with Crippen molar-refractivity contribution in [2.75, 3.05) is 19.7 Å². The van der Waals surface area contributed by atoms with Crippen LogP contribution in [0, 0.1) is 0 Å². The quantitative estimate of drug-likeness (QED) is 0.0858. The molecule has 1 atom stereocenters. The number of carbonyl (C=O) groups is 1. The Balaban J connectivity index is 1.20. The van der Waals surface area contributed by atoms with E-state index in [1.165, 1.54) is 44.9 Å². The van der Waals surface area contributed by atoms with E-state index in [2.05, 4.69) is 6.92 Å². The van der Waals surface area contributed by atoms with E-state index in [9.17, 15) is 9.36 Å². The molecular formula is C37H50NO6P. The van der Waals surface area contributed by atoms with Crippen LogP contribution in [0.15, 0.2) is 84.9 Å². The first kappa shape index (κ1) is 34.9. The molecule has 0 N–H and O–H groups in total. The van der Waals surface area contributed by atoms with Gasteiger partial charge >= 0.3 is 7.82 Å². The van der Waals surface area contributed by atoms with E-state index in [1.54, 1.807) is 4.90 Å². The number of phosphoric acid groups is 1. The first-order chi connectivity index (χ1) is 22.0. The summed E-state index contributed by atoms with van der Waals surface area (Å²) in [4.78, 5) is 14.9. The molecule has 1 saturated heterocycles. The van der Waals surface area contributed by atoms with Crippen LogP contribution in [0.5, 0.6) is 5.75 Å². The summed E-state index contributed by atoms with van der Waals surface area (Å²) < 4.78 is 37.3. The molecule has 0 radical (unpaired) electrons. The van der Waals surface area contributed by atoms with Crippen LogP contribution in [0.25, 0.3) is 0 Å². The van der Waals surface area contributed by atoms with E-state index in [-0.39, 0.29) is 19.1 Å². The predicted octanol–water partition coefficient (Wildman–Crippen LogP) is 9.30. The molecule has 0 spiro atoms. The molecule has 4 rings (SSSR count). The van der Waals surface area contributed by atoms with Gasteiger partial charge in [-0.15, -0.1) is 0 Å². The van der Waals surface area contributed by atoms with Gasteiger partial charge in [0.1, 0.15) is 5.75 Å². The largest absolute Gasteiger partial charge is 0.494 e. The molecule has 0 aliphatic carbocycles. The molecule has 0 aromatic heterocycles. The summed E-state index contributed by atoms with van der Waals surface area (Å²) >= 11 is 0. The minimum atomic E-state index is -3.90. The molecule has 1 heterocycles. The Morgan fingerprint density at radius 3 is 2.02 bits per heavy atom. The molecule has 1 aliphatic heterocycles. The molecule has 45 heavy (non-hydrogen) atoms. The third kappa shape index (κ3) is 13.1. The maximum absolute atomic E-state index is 13.7. The fraction of sp³-hybridized carbons (Fsp3) is 0.486. The second-order valence-electron chi connectivity index (χ2n) is 11.8. The first-order valence-electron chi connectivity index (χ1n) is 16.7. The van der Waals surface area contributed by atoms with Crippen LogP contribution >= 0.6 is 7.82 Å². The summed E-state index contributed by atoms with van der Waals surface area (Å²) in [5.74, 6) is 0.913. The van der Waals surface area contributed by atoms with E-state index in [4.69, 9.17) is 18.3 Å². The average molecular weight is 636 g/mol. The summed E-state index contributed by atoms with van der Waals surface area (Å²) in [7, 11) is -3.90. The van der Waals surface area contributed by atoms with Crippen molar-refractivity contribution in [2.24, 2.45) is 0 Å². The standard InChI is InChI=1S/C37H50NO6P/c1-2-3-4-5-6-7-8-15-27-41-35-22-16-21-32(28-35)23-24-37(39)38-26-25-36(29-38)44-45(40,42-30-33-17-11-9-12-18-33)43-31-34-19-13-10-14-20-34/h9-14,16-22,28,36H,2-8,15,23-27,29-31H2,1H3/t36-/m1/s1. The fourth-order valence-corrected chi connectivity index (χ4v) is 6.75. The van der Waals surface area contributed by atoms with Crippen molar-refractivity contribution in [1.29, 1.82) is 0 Å². The van der Waals surface area contributed by atoms with Crippen LogP contribution in [0.2, 0.25) is 0 Å². The Kier molecular flexibility index (Phi) is 15.1. The van der Waals surface area contributed by atoms with Crippen molar-refractivity contribution in [2.45, 2.75) is 96.9 Å². The van der Waals surface area contributed by atoms with Crippen LogP contribution in [-0.4, -0.2) is 36.6 Å². The summed E-state index contributed by atoms with van der Waals surface area (Å²) in [5.41, 5.74) is 2.82. The third-order valence-electron chi connectivity index (χ3n) is 8.03. The SMILES string of the molecule is CCCCCCCCCCOc1cccc(CCC(=O)N2CC[C@@H](OP(=O)(OCc3ccccc3)OCc3ccccc3)C2)c1. The lowest BCUT2D eigenvalue weighted by Crippen LogP contribution is -2.30. The summed E-state index contributed by atoms with van der Waals surface area (Å²) in [5, 5.41) is 0. The van der Waals surface area contributed by atoms with Gasteiger partial charge in [0.2, 0.25) is 5.91 Å². The average Bonchev–Trinajstić information content (AvgIpc) is 3.54. The topological polar surface area (TPSA) is 74.3 Å². The predicted molar refractivity (Wildman–Crippen MR) is 179 cm³/mol. The van der Waals surface area contributed by atoms with Crippen molar-refractivity contribution < 1.29 is 27.7 Å². The summed E-state index contributed by atoms with van der Waals surface area (Å²) in [6.07, 6.45) is 11.3. The number of amides is 1. The number of aryl methyl sites for hydroxylation is 1. The minimum Gasteiger partial charge on any atom is -0.494 e. The van der Waals surface area contributed by atoms with Crippen LogP contribution in [0.3, 0.4) is 0 Å². The maximum atomic E-state index is 13.7. The highest BCUT2D eigenvalue weighted by Gasteiger charge is 2.36. The number of ether oxygens (including phenoxy) is 1. The molecule has 244 valence electrons. The van der Waals surface area contributed by atoms with Gasteiger partial charge in [-0.3, -0.25) is 18.4 Å². The lowest BCUT2D eigenvalue weighted by atomic mass is 10.1. The molecule has 0 bridgehead atoms. The van der Waals surface area contributed by atoms with Gasteiger partial charge in [-0.25, -0.2) is 4.57 Å². The summed E-state index contributed by atoms with van der Waals surface area (Å²) in [6.45, 7) is 4.07. The second kappa shape index (κ2) is 19.5. The highest BCUT2D eigenvalue weighted by atomic mass is 31.2. The number of phosphoric ester groups is 1. The lowest BCUT2D eigenvalue weighted by Gasteiger charge is -2.22. The highest BCUT2D eigenvalue weighted by molar-refractivity contribution is 7.48. The van der Waals surface area contributed by atoms with Gasteiger partial charge in [-0.05, 0) is 48.1 Å². The number of hydrogen-bond donors (Lipinski definition) is 0. The van der Waals surface area contributed by atoms with E-state index in [0.29, 0.717) is 32.4 Å². The minimum absolute atomic E-state index is 0.0524. The highest BCUT2D eigenvalue weighted by Crippen LogP contribution is 2.53. The van der Waals surface area contributed by atoms with E-state index < -0.39 is 13.9 Å². The molecule has 0 saturated carbocycles. The van der Waals surface area contributed by atoms with Gasteiger partial charge in [-0.1, -0.05) is 125 Å². The number of benzene rings is 3. The molecule has 7 nitrogen and oxygen atoms in total. The monoisotopic (exact) mass is 635 g/mol. The number of hydrogen-bond acceptors (Lipinski definition) is 6. The molecule has 0 unspecified atom stereocenters. The molecule has 3 aromatic rings. The molecule has 3 aromatic carbocycles. The first-order valence-corrected chi connectivity index (χ1v) is 18.1. The van der Waals surface area contributed by atoms with Crippen molar-refractivity contribution in [3.8, 4) is 5.75 Å². The number of carbonyl (C=O) groups excluding carboxylic acids is 1. The number of likely N-dealkylation sites (tertiary alicyclic amines) is 1. The van der Waals surface area contributed by atoms with Gasteiger partial charge < -0.3 is 9.64 Å². The van der Waals surface area contributed by atoms with Gasteiger partial charge in [0.25, 0.3) is 0 Å². The van der Waals surface area contributed by atoms with Gasteiger partial charge in [0.05, 0.1) is 25.9 Å². The van der Waals surface area contributed by atoms with Crippen molar-refractivity contribution in [3.05, 3.63) is 102 Å². The number of rotatable bonds is 21. The zero-order valence-electron chi connectivity index (χ0n) is 26.8. The van der Waals surface area contributed by atoms with Crippen LogP contribution in [0.4, 0.5) is 0 Å². The number of unbranched alkanes of at least 4 members (excludes halogenated alkanes) is 7. The Morgan fingerprint density at radius 2 is 1.38 bits per heavy atom. The Hall–Kier alpha value is -2.96. The molecule has 1 fully saturated rings. The van der Waals surface area contributed by atoms with Gasteiger partial charge in [0, 0.05) is 19.5 Å².